The molecule has 3 nitrogen and oxygen atoms in total. The molecule has 1 unspecified atom stereocenters. The number of sulfone groups is 1. The molecule has 0 aromatic heterocycles. The maximum Gasteiger partial charge on any atom is 0.180 e. The van der Waals surface area contributed by atoms with Gasteiger partial charge in [-0.2, -0.15) is 0 Å². The first-order valence-corrected chi connectivity index (χ1v) is 6.24. The highest BCUT2D eigenvalue weighted by Crippen LogP contribution is 2.36. The van der Waals surface area contributed by atoms with Crippen LogP contribution < -0.4 is 5.73 Å². The Hall–Kier alpha value is -0.580. The summed E-state index contributed by atoms with van der Waals surface area (Å²) in [5.41, 5.74) is 7.01. The summed E-state index contributed by atoms with van der Waals surface area (Å²) in [6, 6.07) is 2.97. The monoisotopic (exact) mass is 231 g/mol. The van der Waals surface area contributed by atoms with Crippen molar-refractivity contribution in [1.82, 2.24) is 0 Å². The second kappa shape index (κ2) is 2.95. The molecule has 0 bridgehead atoms. The van der Waals surface area contributed by atoms with Crippen molar-refractivity contribution in [3.8, 4) is 0 Å². The van der Waals surface area contributed by atoms with Gasteiger partial charge in [0.25, 0.3) is 0 Å². The minimum absolute atomic E-state index is 0.0104. The van der Waals surface area contributed by atoms with Gasteiger partial charge in [-0.05, 0) is 24.1 Å². The van der Waals surface area contributed by atoms with E-state index in [1.54, 1.807) is 19.1 Å². The fourth-order valence-electron chi connectivity index (χ4n) is 1.80. The molecular weight excluding hydrogens is 222 g/mol. The van der Waals surface area contributed by atoms with Gasteiger partial charge in [0.15, 0.2) is 9.84 Å². The standard InChI is InChI=1S/C9H10ClNO2S/c1-5-7(10)3-2-6-8(11)4-14(12,13)9(5)6/h2-3,8H,4,11H2,1H3. The molecule has 0 saturated heterocycles. The van der Waals surface area contributed by atoms with E-state index in [0.29, 0.717) is 21.0 Å². The molecule has 1 atom stereocenters. The van der Waals surface area contributed by atoms with Gasteiger partial charge in [-0.3, -0.25) is 0 Å². The van der Waals surface area contributed by atoms with E-state index in [9.17, 15) is 8.42 Å². The van der Waals surface area contributed by atoms with Crippen molar-refractivity contribution in [3.63, 3.8) is 0 Å². The van der Waals surface area contributed by atoms with Gasteiger partial charge in [0.1, 0.15) is 0 Å². The first kappa shape index (κ1) is 9.96. The fraction of sp³-hybridized carbons (Fsp3) is 0.333. The molecule has 0 fully saturated rings. The molecule has 0 saturated carbocycles. The second-order valence-electron chi connectivity index (χ2n) is 3.48. The third-order valence-corrected chi connectivity index (χ3v) is 4.85. The zero-order chi connectivity index (χ0) is 10.5. The van der Waals surface area contributed by atoms with Gasteiger partial charge < -0.3 is 5.73 Å². The molecule has 1 heterocycles. The molecule has 0 aliphatic carbocycles. The highest BCUT2D eigenvalue weighted by molar-refractivity contribution is 7.91. The summed E-state index contributed by atoms with van der Waals surface area (Å²) in [6.07, 6.45) is 0. The topological polar surface area (TPSA) is 60.2 Å². The molecule has 1 aliphatic heterocycles. The fourth-order valence-corrected chi connectivity index (χ4v) is 3.99. The first-order chi connectivity index (χ1) is 6.43. The lowest BCUT2D eigenvalue weighted by Crippen LogP contribution is -2.11. The Morgan fingerprint density at radius 2 is 2.14 bits per heavy atom. The van der Waals surface area contributed by atoms with Gasteiger partial charge >= 0.3 is 0 Å². The van der Waals surface area contributed by atoms with Gasteiger partial charge in [-0.1, -0.05) is 17.7 Å². The predicted octanol–water partition coefficient (Wildman–Crippen LogP) is 1.44. The smallest absolute Gasteiger partial charge is 0.180 e. The molecule has 0 radical (unpaired) electrons. The number of fused-ring (bicyclic) bond motifs is 1. The summed E-state index contributed by atoms with van der Waals surface area (Å²) in [6.45, 7) is 1.71. The molecule has 2 rings (SSSR count). The first-order valence-electron chi connectivity index (χ1n) is 4.21. The molecule has 0 amide bonds. The zero-order valence-electron chi connectivity index (χ0n) is 7.62. The van der Waals surface area contributed by atoms with Gasteiger partial charge in [0.05, 0.1) is 10.6 Å². The highest BCUT2D eigenvalue weighted by Gasteiger charge is 2.34. The normalized spacial score (nSPS) is 23.5. The number of halogens is 1. The SMILES string of the molecule is Cc1c(Cl)ccc2c1S(=O)(=O)CC2N. The van der Waals surface area contributed by atoms with Crippen LogP contribution in [0.2, 0.25) is 5.02 Å². The van der Waals surface area contributed by atoms with Gasteiger partial charge in [-0.25, -0.2) is 8.42 Å². The highest BCUT2D eigenvalue weighted by atomic mass is 35.5. The molecule has 14 heavy (non-hydrogen) atoms. The largest absolute Gasteiger partial charge is 0.323 e. The van der Waals surface area contributed by atoms with E-state index in [1.165, 1.54) is 0 Å². The number of rotatable bonds is 0. The predicted molar refractivity (Wildman–Crippen MR) is 55.2 cm³/mol. The Bertz CT molecular complexity index is 496. The molecule has 1 aromatic rings. The minimum Gasteiger partial charge on any atom is -0.323 e. The van der Waals surface area contributed by atoms with Crippen LogP contribution in [0.5, 0.6) is 0 Å². The van der Waals surface area contributed by atoms with Crippen LogP contribution >= 0.6 is 11.6 Å². The minimum atomic E-state index is -3.22. The lowest BCUT2D eigenvalue weighted by atomic mass is 10.1. The summed E-state index contributed by atoms with van der Waals surface area (Å²) in [7, 11) is -3.22. The number of nitrogens with two attached hydrogens (primary N) is 1. The Balaban J connectivity index is 2.84. The van der Waals surface area contributed by atoms with Crippen molar-refractivity contribution in [1.29, 1.82) is 0 Å². The quantitative estimate of drug-likeness (QED) is 0.735. The van der Waals surface area contributed by atoms with Crippen molar-refractivity contribution in [3.05, 3.63) is 28.3 Å². The summed E-state index contributed by atoms with van der Waals surface area (Å²) in [5.74, 6) is -0.0104. The third-order valence-electron chi connectivity index (χ3n) is 2.48. The molecule has 5 heteroatoms. The van der Waals surface area contributed by atoms with Crippen molar-refractivity contribution in [2.45, 2.75) is 17.9 Å². The molecule has 1 aliphatic rings. The molecule has 1 aromatic carbocycles. The van der Waals surface area contributed by atoms with Crippen molar-refractivity contribution in [2.75, 3.05) is 5.75 Å². The van der Waals surface area contributed by atoms with E-state index in [2.05, 4.69) is 0 Å². The van der Waals surface area contributed by atoms with E-state index >= 15 is 0 Å². The lowest BCUT2D eigenvalue weighted by molar-refractivity contribution is 0.597. The van der Waals surface area contributed by atoms with E-state index < -0.39 is 15.9 Å². The Morgan fingerprint density at radius 1 is 1.50 bits per heavy atom. The van der Waals surface area contributed by atoms with E-state index in [1.807, 2.05) is 0 Å². The summed E-state index contributed by atoms with van der Waals surface area (Å²) >= 11 is 5.86. The van der Waals surface area contributed by atoms with Gasteiger partial charge in [0, 0.05) is 11.1 Å². The lowest BCUT2D eigenvalue weighted by Gasteiger charge is -2.05. The van der Waals surface area contributed by atoms with E-state index in [0.717, 1.165) is 0 Å². The van der Waals surface area contributed by atoms with Crippen LogP contribution in [0, 0.1) is 6.92 Å². The molecule has 0 spiro atoms. The second-order valence-corrected chi connectivity index (χ2v) is 5.86. The average molecular weight is 232 g/mol. The Labute approximate surface area is 87.8 Å². The third kappa shape index (κ3) is 1.26. The van der Waals surface area contributed by atoms with Crippen LogP contribution in [0.15, 0.2) is 17.0 Å². The molecule has 2 N–H and O–H groups in total. The number of benzene rings is 1. The van der Waals surface area contributed by atoms with Crippen LogP contribution in [0.1, 0.15) is 17.2 Å². The van der Waals surface area contributed by atoms with E-state index in [-0.39, 0.29) is 5.75 Å². The summed E-state index contributed by atoms with van der Waals surface area (Å²) in [4.78, 5) is 0.331. The van der Waals surface area contributed by atoms with Gasteiger partial charge in [0.2, 0.25) is 0 Å². The van der Waals surface area contributed by atoms with Crippen LogP contribution in [0.4, 0.5) is 0 Å². The Kier molecular flexibility index (Phi) is 2.10. The summed E-state index contributed by atoms with van der Waals surface area (Å²) in [5, 5.41) is 0.474. The van der Waals surface area contributed by atoms with Crippen LogP contribution in [-0.2, 0) is 9.84 Å². The maximum atomic E-state index is 11.7. The maximum absolute atomic E-state index is 11.7. The van der Waals surface area contributed by atoms with Crippen LogP contribution in [-0.4, -0.2) is 14.2 Å². The Morgan fingerprint density at radius 3 is 2.79 bits per heavy atom. The van der Waals surface area contributed by atoms with Crippen LogP contribution in [0.3, 0.4) is 0 Å². The molecule has 76 valence electrons. The average Bonchev–Trinajstić information content (AvgIpc) is 2.29. The van der Waals surface area contributed by atoms with Crippen LogP contribution in [0.25, 0.3) is 0 Å². The zero-order valence-corrected chi connectivity index (χ0v) is 9.19. The molecular formula is C9H10ClNO2S. The van der Waals surface area contributed by atoms with Gasteiger partial charge in [-0.15, -0.1) is 0 Å². The summed E-state index contributed by atoms with van der Waals surface area (Å²) < 4.78 is 23.4. The number of hydrogen-bond acceptors (Lipinski definition) is 3. The van der Waals surface area contributed by atoms with Crippen molar-refractivity contribution < 1.29 is 8.42 Å². The van der Waals surface area contributed by atoms with Crippen molar-refractivity contribution >= 4 is 21.4 Å². The van der Waals surface area contributed by atoms with Crippen molar-refractivity contribution in [2.24, 2.45) is 5.73 Å². The van der Waals surface area contributed by atoms with E-state index in [4.69, 9.17) is 17.3 Å². The number of hydrogen-bond donors (Lipinski definition) is 1.